The Hall–Kier alpha value is -1.62. The number of rotatable bonds is 5. The molecule has 1 aliphatic carbocycles. The summed E-state index contributed by atoms with van der Waals surface area (Å²) >= 11 is 0. The number of amides is 2. The third kappa shape index (κ3) is 3.67. The second kappa shape index (κ2) is 6.52. The minimum atomic E-state index is -0.304. The van der Waals surface area contributed by atoms with E-state index in [1.165, 1.54) is 18.6 Å². The van der Waals surface area contributed by atoms with Crippen LogP contribution in [0.1, 0.15) is 25.7 Å². The predicted octanol–water partition coefficient (Wildman–Crippen LogP) is 2.24. The third-order valence-electron chi connectivity index (χ3n) is 3.40. The number of nitrogens with zero attached hydrogens (tertiary/aromatic N) is 1. The first kappa shape index (κ1) is 13.8. The molecule has 1 fully saturated rings. The summed E-state index contributed by atoms with van der Waals surface area (Å²) < 4.78 is 12.9. The van der Waals surface area contributed by atoms with E-state index in [4.69, 9.17) is 5.73 Å². The molecule has 0 radical (unpaired) electrons. The van der Waals surface area contributed by atoms with Crippen LogP contribution in [0.3, 0.4) is 0 Å². The van der Waals surface area contributed by atoms with Gasteiger partial charge in [0.25, 0.3) is 0 Å². The molecule has 1 aromatic rings. The summed E-state index contributed by atoms with van der Waals surface area (Å²) in [5.41, 5.74) is 6.20. The van der Waals surface area contributed by atoms with E-state index < -0.39 is 0 Å². The van der Waals surface area contributed by atoms with Crippen LogP contribution in [0.15, 0.2) is 24.3 Å². The monoisotopic (exact) mass is 265 g/mol. The zero-order chi connectivity index (χ0) is 13.7. The predicted molar refractivity (Wildman–Crippen MR) is 73.6 cm³/mol. The first-order valence-electron chi connectivity index (χ1n) is 6.74. The van der Waals surface area contributed by atoms with Gasteiger partial charge in [0.1, 0.15) is 5.82 Å². The molecule has 2 amide bonds. The molecular formula is C14H20FN3O. The molecule has 19 heavy (non-hydrogen) atoms. The molecule has 4 nitrogen and oxygen atoms in total. The van der Waals surface area contributed by atoms with E-state index in [2.05, 4.69) is 5.32 Å². The van der Waals surface area contributed by atoms with Crippen LogP contribution < -0.4 is 16.0 Å². The van der Waals surface area contributed by atoms with Crippen molar-refractivity contribution >= 4 is 11.7 Å². The average Bonchev–Trinajstić information content (AvgIpc) is 2.36. The van der Waals surface area contributed by atoms with Gasteiger partial charge in [-0.2, -0.15) is 0 Å². The van der Waals surface area contributed by atoms with Gasteiger partial charge >= 0.3 is 6.03 Å². The number of hydrogen-bond donors (Lipinski definition) is 2. The molecule has 2 rings (SSSR count). The van der Waals surface area contributed by atoms with E-state index in [0.29, 0.717) is 18.8 Å². The maximum Gasteiger partial charge on any atom is 0.322 e. The molecule has 0 spiro atoms. The third-order valence-corrected chi connectivity index (χ3v) is 3.40. The van der Waals surface area contributed by atoms with Gasteiger partial charge in [-0.05, 0) is 56.5 Å². The Balaban J connectivity index is 2.04. The highest BCUT2D eigenvalue weighted by Crippen LogP contribution is 2.20. The number of anilines is 1. The van der Waals surface area contributed by atoms with Crippen molar-refractivity contribution in [1.82, 2.24) is 5.32 Å². The van der Waals surface area contributed by atoms with Gasteiger partial charge in [0.05, 0.1) is 0 Å². The van der Waals surface area contributed by atoms with Crippen molar-refractivity contribution in [2.24, 2.45) is 5.73 Å². The van der Waals surface area contributed by atoms with Gasteiger partial charge in [-0.15, -0.1) is 0 Å². The highest BCUT2D eigenvalue weighted by molar-refractivity contribution is 5.92. The van der Waals surface area contributed by atoms with Crippen LogP contribution in [-0.2, 0) is 0 Å². The van der Waals surface area contributed by atoms with E-state index in [1.54, 1.807) is 17.0 Å². The quantitative estimate of drug-likeness (QED) is 0.857. The average molecular weight is 265 g/mol. The lowest BCUT2D eigenvalue weighted by molar-refractivity contribution is 0.234. The van der Waals surface area contributed by atoms with E-state index in [9.17, 15) is 9.18 Å². The lowest BCUT2D eigenvalue weighted by Gasteiger charge is -2.30. The van der Waals surface area contributed by atoms with Crippen LogP contribution in [0, 0.1) is 5.82 Å². The van der Waals surface area contributed by atoms with E-state index >= 15 is 0 Å². The molecule has 104 valence electrons. The molecule has 0 heterocycles. The fraction of sp³-hybridized carbons (Fsp3) is 0.500. The summed E-state index contributed by atoms with van der Waals surface area (Å²) in [4.78, 5) is 13.8. The van der Waals surface area contributed by atoms with Crippen LogP contribution in [0.2, 0.25) is 0 Å². The minimum Gasteiger partial charge on any atom is -0.335 e. The topological polar surface area (TPSA) is 58.4 Å². The summed E-state index contributed by atoms with van der Waals surface area (Å²) in [6.45, 7) is 1.06. The Morgan fingerprint density at radius 1 is 1.37 bits per heavy atom. The Bertz CT molecular complexity index is 417. The zero-order valence-corrected chi connectivity index (χ0v) is 10.9. The molecule has 1 aromatic carbocycles. The highest BCUT2D eigenvalue weighted by Gasteiger charge is 2.23. The molecule has 0 bridgehead atoms. The number of nitrogens with one attached hydrogen (secondary N) is 1. The number of nitrogens with two attached hydrogens (primary N) is 1. The van der Waals surface area contributed by atoms with Gasteiger partial charge in [-0.3, -0.25) is 4.90 Å². The number of halogens is 1. The fourth-order valence-electron chi connectivity index (χ4n) is 2.02. The smallest absolute Gasteiger partial charge is 0.322 e. The molecule has 1 aliphatic rings. The Morgan fingerprint density at radius 2 is 2.05 bits per heavy atom. The summed E-state index contributed by atoms with van der Waals surface area (Å²) in [5, 5.41) is 2.99. The summed E-state index contributed by atoms with van der Waals surface area (Å²) in [7, 11) is 0. The standard InChI is InChI=1S/C14H20FN3O/c15-11-5-7-13(8-6-11)18(10-2-9-16)14(19)17-12-3-1-4-12/h5-8,12H,1-4,9-10,16H2,(H,17,19). The van der Waals surface area contributed by atoms with Crippen LogP contribution in [0.4, 0.5) is 14.9 Å². The number of urea groups is 1. The summed E-state index contributed by atoms with van der Waals surface area (Å²) in [5.74, 6) is -0.304. The van der Waals surface area contributed by atoms with E-state index in [-0.39, 0.29) is 17.9 Å². The second-order valence-corrected chi connectivity index (χ2v) is 4.85. The SMILES string of the molecule is NCCCN(C(=O)NC1CCC1)c1ccc(F)cc1. The molecule has 0 atom stereocenters. The number of benzene rings is 1. The van der Waals surface area contributed by atoms with Crippen molar-refractivity contribution in [1.29, 1.82) is 0 Å². The van der Waals surface area contributed by atoms with Crippen molar-refractivity contribution in [2.75, 3.05) is 18.0 Å². The number of carbonyl (C=O) groups excluding carboxylic acids is 1. The molecular weight excluding hydrogens is 245 g/mol. The molecule has 1 saturated carbocycles. The van der Waals surface area contributed by atoms with Crippen molar-refractivity contribution in [2.45, 2.75) is 31.7 Å². The lowest BCUT2D eigenvalue weighted by Crippen LogP contribution is -2.48. The van der Waals surface area contributed by atoms with Gasteiger partial charge in [-0.25, -0.2) is 9.18 Å². The maximum absolute atomic E-state index is 12.9. The first-order chi connectivity index (χ1) is 9.20. The molecule has 0 aromatic heterocycles. The molecule has 0 aliphatic heterocycles. The minimum absolute atomic E-state index is 0.121. The maximum atomic E-state index is 12.9. The normalized spacial score (nSPS) is 14.8. The van der Waals surface area contributed by atoms with Gasteiger partial charge in [0, 0.05) is 18.3 Å². The van der Waals surface area contributed by atoms with Gasteiger partial charge in [-0.1, -0.05) is 0 Å². The molecule has 0 saturated heterocycles. The van der Waals surface area contributed by atoms with Crippen molar-refractivity contribution in [3.8, 4) is 0 Å². The first-order valence-corrected chi connectivity index (χ1v) is 6.74. The molecule has 0 unspecified atom stereocenters. The number of carbonyl (C=O) groups is 1. The van der Waals surface area contributed by atoms with Crippen molar-refractivity contribution < 1.29 is 9.18 Å². The van der Waals surface area contributed by atoms with Crippen LogP contribution in [-0.4, -0.2) is 25.2 Å². The van der Waals surface area contributed by atoms with Crippen molar-refractivity contribution in [3.05, 3.63) is 30.1 Å². The Morgan fingerprint density at radius 3 is 2.58 bits per heavy atom. The second-order valence-electron chi connectivity index (χ2n) is 4.85. The van der Waals surface area contributed by atoms with Gasteiger partial charge in [0.15, 0.2) is 0 Å². The zero-order valence-electron chi connectivity index (χ0n) is 10.9. The van der Waals surface area contributed by atoms with Crippen LogP contribution in [0.25, 0.3) is 0 Å². The Labute approximate surface area is 112 Å². The lowest BCUT2D eigenvalue weighted by atomic mass is 9.93. The molecule has 5 heteroatoms. The van der Waals surface area contributed by atoms with Crippen molar-refractivity contribution in [3.63, 3.8) is 0 Å². The molecule has 3 N–H and O–H groups in total. The van der Waals surface area contributed by atoms with E-state index in [1.807, 2.05) is 0 Å². The number of hydrogen-bond acceptors (Lipinski definition) is 2. The summed E-state index contributed by atoms with van der Waals surface area (Å²) in [6, 6.07) is 6.12. The van der Waals surface area contributed by atoms with Gasteiger partial charge in [0.2, 0.25) is 0 Å². The largest absolute Gasteiger partial charge is 0.335 e. The van der Waals surface area contributed by atoms with Crippen LogP contribution >= 0.6 is 0 Å². The van der Waals surface area contributed by atoms with E-state index in [0.717, 1.165) is 19.3 Å². The highest BCUT2D eigenvalue weighted by atomic mass is 19.1. The van der Waals surface area contributed by atoms with Gasteiger partial charge < -0.3 is 11.1 Å². The van der Waals surface area contributed by atoms with Crippen LogP contribution in [0.5, 0.6) is 0 Å². The Kier molecular flexibility index (Phi) is 4.74. The summed E-state index contributed by atoms with van der Waals surface area (Å²) in [6.07, 6.45) is 3.97. The fourth-order valence-corrected chi connectivity index (χ4v) is 2.02.